The number of hydrogen-bond acceptors (Lipinski definition) is 5. The summed E-state index contributed by atoms with van der Waals surface area (Å²) in [5.74, 6) is 0.574. The molecule has 0 atom stereocenters. The minimum absolute atomic E-state index is 0.0479. The van der Waals surface area contributed by atoms with Gasteiger partial charge in [0, 0.05) is 18.5 Å². The van der Waals surface area contributed by atoms with E-state index in [9.17, 15) is 10.1 Å². The second kappa shape index (κ2) is 6.88. The summed E-state index contributed by atoms with van der Waals surface area (Å²) in [5, 5.41) is 10.6. The number of ether oxygens (including phenoxy) is 1. The lowest BCUT2D eigenvalue weighted by Crippen LogP contribution is -2.38. The first-order chi connectivity index (χ1) is 11.7. The zero-order chi connectivity index (χ0) is 17.1. The standard InChI is InChI=1S/C19H21N3O2/c1-3-24-19(23)14-8-10-22(11-9-14)18-16(12-20)13(2)15-6-4-5-7-17(15)21-18/h4-7,14H,3,8-11H2,1-2H3. The predicted octanol–water partition coefficient (Wildman–Crippen LogP) is 3.19. The third-order valence-electron chi connectivity index (χ3n) is 4.66. The average Bonchev–Trinajstić information content (AvgIpc) is 2.62. The molecule has 2 heterocycles. The number of nitrogens with zero attached hydrogens (tertiary/aromatic N) is 3. The number of benzene rings is 1. The molecule has 1 saturated heterocycles. The highest BCUT2D eigenvalue weighted by atomic mass is 16.5. The fraction of sp³-hybridized carbons (Fsp3) is 0.421. The Labute approximate surface area is 141 Å². The number of para-hydroxylation sites is 1. The predicted molar refractivity (Wildman–Crippen MR) is 92.8 cm³/mol. The van der Waals surface area contributed by atoms with Gasteiger partial charge >= 0.3 is 5.97 Å². The number of carbonyl (C=O) groups is 1. The van der Waals surface area contributed by atoms with Gasteiger partial charge in [0.15, 0.2) is 0 Å². The number of carbonyl (C=O) groups excluding carboxylic acids is 1. The molecular formula is C19H21N3O2. The van der Waals surface area contributed by atoms with E-state index in [0.29, 0.717) is 25.3 Å². The third kappa shape index (κ3) is 2.92. The van der Waals surface area contributed by atoms with Gasteiger partial charge in [-0.3, -0.25) is 4.79 Å². The van der Waals surface area contributed by atoms with E-state index in [1.165, 1.54) is 0 Å². The maximum absolute atomic E-state index is 11.9. The van der Waals surface area contributed by atoms with Crippen LogP contribution < -0.4 is 4.90 Å². The van der Waals surface area contributed by atoms with Gasteiger partial charge in [0.05, 0.1) is 23.6 Å². The van der Waals surface area contributed by atoms with E-state index in [4.69, 9.17) is 9.72 Å². The van der Waals surface area contributed by atoms with Gasteiger partial charge in [0.25, 0.3) is 0 Å². The molecule has 0 N–H and O–H groups in total. The molecule has 5 nitrogen and oxygen atoms in total. The van der Waals surface area contributed by atoms with Gasteiger partial charge in [-0.15, -0.1) is 0 Å². The highest BCUT2D eigenvalue weighted by molar-refractivity contribution is 5.87. The smallest absolute Gasteiger partial charge is 0.309 e. The van der Waals surface area contributed by atoms with Gasteiger partial charge < -0.3 is 9.64 Å². The van der Waals surface area contributed by atoms with Crippen LogP contribution in [-0.4, -0.2) is 30.6 Å². The molecule has 2 aromatic rings. The fourth-order valence-electron chi connectivity index (χ4n) is 3.31. The monoisotopic (exact) mass is 323 g/mol. The van der Waals surface area contributed by atoms with Crippen molar-refractivity contribution in [1.82, 2.24) is 4.98 Å². The lowest BCUT2D eigenvalue weighted by atomic mass is 9.96. The summed E-state index contributed by atoms with van der Waals surface area (Å²) in [7, 11) is 0. The second-order valence-corrected chi connectivity index (χ2v) is 6.08. The van der Waals surface area contributed by atoms with Gasteiger partial charge in [-0.05, 0) is 38.3 Å². The number of aryl methyl sites for hydroxylation is 1. The first-order valence-corrected chi connectivity index (χ1v) is 8.36. The van der Waals surface area contributed by atoms with E-state index < -0.39 is 0 Å². The molecule has 24 heavy (non-hydrogen) atoms. The van der Waals surface area contributed by atoms with Crippen LogP contribution in [-0.2, 0) is 9.53 Å². The largest absolute Gasteiger partial charge is 0.466 e. The van der Waals surface area contributed by atoms with Crippen LogP contribution in [0, 0.1) is 24.2 Å². The maximum atomic E-state index is 11.9. The normalized spacial score (nSPS) is 15.3. The van der Waals surface area contributed by atoms with E-state index in [1.807, 2.05) is 38.1 Å². The Bertz CT molecular complexity index is 802. The number of esters is 1. The molecular weight excluding hydrogens is 302 g/mol. The van der Waals surface area contributed by atoms with E-state index >= 15 is 0 Å². The maximum Gasteiger partial charge on any atom is 0.309 e. The van der Waals surface area contributed by atoms with Crippen LogP contribution in [0.3, 0.4) is 0 Å². The summed E-state index contributed by atoms with van der Waals surface area (Å²) in [6, 6.07) is 10.2. The van der Waals surface area contributed by atoms with Crippen molar-refractivity contribution in [2.75, 3.05) is 24.6 Å². The lowest BCUT2D eigenvalue weighted by molar-refractivity contribution is -0.148. The lowest BCUT2D eigenvalue weighted by Gasteiger charge is -2.32. The molecule has 1 aliphatic heterocycles. The molecule has 5 heteroatoms. The number of piperidine rings is 1. The number of hydrogen-bond donors (Lipinski definition) is 0. The van der Waals surface area contributed by atoms with Crippen molar-refractivity contribution in [3.63, 3.8) is 0 Å². The van der Waals surface area contributed by atoms with Gasteiger partial charge in [0.2, 0.25) is 0 Å². The first-order valence-electron chi connectivity index (χ1n) is 8.36. The van der Waals surface area contributed by atoms with Crippen molar-refractivity contribution < 1.29 is 9.53 Å². The second-order valence-electron chi connectivity index (χ2n) is 6.08. The Kier molecular flexibility index (Phi) is 4.66. The third-order valence-corrected chi connectivity index (χ3v) is 4.66. The van der Waals surface area contributed by atoms with Gasteiger partial charge in [0.1, 0.15) is 11.9 Å². The molecule has 0 unspecified atom stereocenters. The molecule has 3 rings (SSSR count). The van der Waals surface area contributed by atoms with Gasteiger partial charge in [-0.25, -0.2) is 4.98 Å². The molecule has 0 saturated carbocycles. The van der Waals surface area contributed by atoms with Crippen molar-refractivity contribution in [3.8, 4) is 6.07 Å². The Morgan fingerprint density at radius 1 is 1.38 bits per heavy atom. The SMILES string of the molecule is CCOC(=O)C1CCN(c2nc3ccccc3c(C)c2C#N)CC1. The summed E-state index contributed by atoms with van der Waals surface area (Å²) in [6.45, 7) is 5.64. The van der Waals surface area contributed by atoms with E-state index in [-0.39, 0.29) is 11.9 Å². The summed E-state index contributed by atoms with van der Waals surface area (Å²) < 4.78 is 5.12. The van der Waals surface area contributed by atoms with E-state index in [0.717, 1.165) is 35.1 Å². The van der Waals surface area contributed by atoms with Crippen LogP contribution >= 0.6 is 0 Å². The first kappa shape index (κ1) is 16.3. The summed E-state index contributed by atoms with van der Waals surface area (Å²) in [4.78, 5) is 18.7. The van der Waals surface area contributed by atoms with Crippen molar-refractivity contribution in [2.24, 2.45) is 5.92 Å². The van der Waals surface area contributed by atoms with Crippen molar-refractivity contribution in [2.45, 2.75) is 26.7 Å². The van der Waals surface area contributed by atoms with Crippen LogP contribution in [0.4, 0.5) is 5.82 Å². The summed E-state index contributed by atoms with van der Waals surface area (Å²) in [5.41, 5.74) is 2.49. The Morgan fingerprint density at radius 2 is 2.08 bits per heavy atom. The number of anilines is 1. The zero-order valence-corrected chi connectivity index (χ0v) is 14.1. The molecule has 0 spiro atoms. The van der Waals surface area contributed by atoms with Crippen LogP contribution in [0.2, 0.25) is 0 Å². The molecule has 1 aliphatic rings. The van der Waals surface area contributed by atoms with Crippen molar-refractivity contribution in [1.29, 1.82) is 5.26 Å². The summed E-state index contributed by atoms with van der Waals surface area (Å²) in [6.07, 6.45) is 1.47. The Balaban J connectivity index is 1.88. The van der Waals surface area contributed by atoms with Gasteiger partial charge in [-0.2, -0.15) is 5.26 Å². The van der Waals surface area contributed by atoms with Crippen LogP contribution in [0.5, 0.6) is 0 Å². The molecule has 0 bridgehead atoms. The number of pyridine rings is 1. The van der Waals surface area contributed by atoms with Crippen LogP contribution in [0.1, 0.15) is 30.9 Å². The number of nitriles is 1. The Morgan fingerprint density at radius 3 is 2.75 bits per heavy atom. The molecule has 124 valence electrons. The van der Waals surface area contributed by atoms with E-state index in [2.05, 4.69) is 11.0 Å². The minimum atomic E-state index is -0.111. The number of rotatable bonds is 3. The highest BCUT2D eigenvalue weighted by Gasteiger charge is 2.28. The minimum Gasteiger partial charge on any atom is -0.466 e. The fourth-order valence-corrected chi connectivity index (χ4v) is 3.31. The molecule has 1 fully saturated rings. The zero-order valence-electron chi connectivity index (χ0n) is 14.1. The highest BCUT2D eigenvalue weighted by Crippen LogP contribution is 2.30. The molecule has 1 aromatic heterocycles. The molecule has 0 aliphatic carbocycles. The number of aromatic nitrogens is 1. The average molecular weight is 323 g/mol. The van der Waals surface area contributed by atoms with Gasteiger partial charge in [-0.1, -0.05) is 18.2 Å². The molecule has 0 radical (unpaired) electrons. The topological polar surface area (TPSA) is 66.2 Å². The van der Waals surface area contributed by atoms with Crippen molar-refractivity contribution >= 4 is 22.7 Å². The Hall–Kier alpha value is -2.61. The molecule has 0 amide bonds. The van der Waals surface area contributed by atoms with Crippen LogP contribution in [0.25, 0.3) is 10.9 Å². The summed E-state index contributed by atoms with van der Waals surface area (Å²) >= 11 is 0. The number of fused-ring (bicyclic) bond motifs is 1. The molecule has 1 aromatic carbocycles. The van der Waals surface area contributed by atoms with Crippen LogP contribution in [0.15, 0.2) is 24.3 Å². The quantitative estimate of drug-likeness (QED) is 0.812. The van der Waals surface area contributed by atoms with E-state index in [1.54, 1.807) is 0 Å². The van der Waals surface area contributed by atoms with Crippen molar-refractivity contribution in [3.05, 3.63) is 35.4 Å².